The van der Waals surface area contributed by atoms with Crippen LogP contribution in [-0.4, -0.2) is 19.9 Å². The molecule has 1 aromatic carbocycles. The van der Waals surface area contributed by atoms with Gasteiger partial charge in [-0.25, -0.2) is 0 Å². The second kappa shape index (κ2) is 5.46. The molecule has 1 aromatic rings. The molecule has 20 heavy (non-hydrogen) atoms. The Kier molecular flexibility index (Phi) is 4.06. The van der Waals surface area contributed by atoms with E-state index in [-0.39, 0.29) is 20.9 Å². The average Bonchev–Trinajstić information content (AvgIpc) is 2.36. The number of hydrogen-bond acceptors (Lipinski definition) is 3. The van der Waals surface area contributed by atoms with Gasteiger partial charge < -0.3 is 0 Å². The predicted octanol–water partition coefficient (Wildman–Crippen LogP) is 2.85. The molecule has 6 heteroatoms. The van der Waals surface area contributed by atoms with Crippen molar-refractivity contribution in [2.75, 3.05) is 0 Å². The molecule has 1 aliphatic rings. The van der Waals surface area contributed by atoms with E-state index in [1.54, 1.807) is 19.1 Å². The Morgan fingerprint density at radius 2 is 1.85 bits per heavy atom. The zero-order valence-corrected chi connectivity index (χ0v) is 13.3. The van der Waals surface area contributed by atoms with E-state index >= 15 is 0 Å². The van der Waals surface area contributed by atoms with Gasteiger partial charge in [0, 0.05) is 0 Å². The molecule has 4 nitrogen and oxygen atoms in total. The Labute approximate surface area is 126 Å². The fraction of sp³-hybridized carbons (Fsp3) is 0.143. The van der Waals surface area contributed by atoms with E-state index in [1.807, 2.05) is 13.0 Å². The number of halogens is 1. The Morgan fingerprint density at radius 3 is 2.50 bits per heavy atom. The van der Waals surface area contributed by atoms with Crippen LogP contribution in [0.4, 0.5) is 0 Å². The summed E-state index contributed by atoms with van der Waals surface area (Å²) in [7, 11) is -3.79. The van der Waals surface area contributed by atoms with Crippen molar-refractivity contribution in [3.05, 3.63) is 52.0 Å². The number of carbonyl (C=O) groups excluding carboxylic acids is 1. The maximum atomic E-state index is 12.3. The zero-order chi connectivity index (χ0) is 14.9. The maximum Gasteiger partial charge on any atom is 0.283 e. The van der Waals surface area contributed by atoms with Gasteiger partial charge in [0.1, 0.15) is 0 Å². The summed E-state index contributed by atoms with van der Waals surface area (Å²) in [5.41, 5.74) is 1.71. The minimum Gasteiger partial charge on any atom is -0.289 e. The highest BCUT2D eigenvalue weighted by Crippen LogP contribution is 2.21. The van der Waals surface area contributed by atoms with E-state index in [4.69, 9.17) is 0 Å². The average molecular weight is 354 g/mol. The van der Waals surface area contributed by atoms with Gasteiger partial charge in [-0.2, -0.15) is 12.8 Å². The van der Waals surface area contributed by atoms with E-state index in [9.17, 15) is 13.2 Å². The predicted molar refractivity (Wildman–Crippen MR) is 81.7 cm³/mol. The van der Waals surface area contributed by atoms with Crippen LogP contribution in [0.1, 0.15) is 11.1 Å². The van der Waals surface area contributed by atoms with Crippen molar-refractivity contribution in [2.45, 2.75) is 18.7 Å². The van der Waals surface area contributed by atoms with Crippen LogP contribution in [0.25, 0.3) is 0 Å². The van der Waals surface area contributed by atoms with Gasteiger partial charge in [-0.15, -0.1) is 0 Å². The molecule has 0 saturated heterocycles. The molecule has 0 heterocycles. The van der Waals surface area contributed by atoms with E-state index in [0.717, 1.165) is 5.56 Å². The number of aryl methyl sites for hydroxylation is 2. The van der Waals surface area contributed by atoms with Crippen molar-refractivity contribution in [3.63, 3.8) is 0 Å². The summed E-state index contributed by atoms with van der Waals surface area (Å²) in [6.07, 6.45) is 4.06. The molecule has 0 bridgehead atoms. The molecule has 0 fully saturated rings. The summed E-state index contributed by atoms with van der Waals surface area (Å²) in [4.78, 5) is 11.4. The third kappa shape index (κ3) is 3.13. The number of sulfonamides is 1. The second-order valence-corrected chi connectivity index (χ2v) is 6.88. The molecule has 2 rings (SSSR count). The molecule has 0 unspecified atom stereocenters. The lowest BCUT2D eigenvalue weighted by atomic mass is 10.2. The van der Waals surface area contributed by atoms with E-state index in [0.29, 0.717) is 5.56 Å². The molecule has 0 radical (unpaired) electrons. The SMILES string of the molecule is Cc1ccc(C)c(S(=O)(=O)/N=C2/C=CC(=O)C(Br)=C2)c1. The molecule has 104 valence electrons. The summed E-state index contributed by atoms with van der Waals surface area (Å²) in [6.45, 7) is 3.54. The summed E-state index contributed by atoms with van der Waals surface area (Å²) in [5, 5.41) is 0. The zero-order valence-electron chi connectivity index (χ0n) is 10.9. The molecular formula is C14H12BrNO3S. The van der Waals surface area contributed by atoms with Gasteiger partial charge in [0.15, 0.2) is 5.78 Å². The molecule has 0 atom stereocenters. The molecule has 0 N–H and O–H groups in total. The lowest BCUT2D eigenvalue weighted by molar-refractivity contribution is -0.110. The molecule has 0 saturated carbocycles. The van der Waals surface area contributed by atoms with Crippen LogP contribution < -0.4 is 0 Å². The van der Waals surface area contributed by atoms with Gasteiger partial charge in [0.05, 0.1) is 15.1 Å². The highest BCUT2D eigenvalue weighted by Gasteiger charge is 2.18. The summed E-state index contributed by atoms with van der Waals surface area (Å²) < 4.78 is 28.7. The minimum atomic E-state index is -3.79. The van der Waals surface area contributed by atoms with Crippen molar-refractivity contribution in [2.24, 2.45) is 4.40 Å². The third-order valence-corrected chi connectivity index (χ3v) is 4.83. The standard InChI is InChI=1S/C14H12BrNO3S/c1-9-3-4-10(2)14(7-9)20(18,19)16-11-5-6-13(17)12(15)8-11/h3-8H,1-2H3/b16-11-. The maximum absolute atomic E-state index is 12.3. The number of rotatable bonds is 2. The summed E-state index contributed by atoms with van der Waals surface area (Å²) >= 11 is 3.07. The van der Waals surface area contributed by atoms with Crippen LogP contribution >= 0.6 is 15.9 Å². The summed E-state index contributed by atoms with van der Waals surface area (Å²) in [6, 6.07) is 5.18. The van der Waals surface area contributed by atoms with Gasteiger partial charge in [-0.3, -0.25) is 4.79 Å². The Bertz CT molecular complexity index is 774. The topological polar surface area (TPSA) is 63.6 Å². The van der Waals surface area contributed by atoms with Crippen LogP contribution in [0.3, 0.4) is 0 Å². The Hall–Kier alpha value is -1.53. The molecule has 0 spiro atoms. The van der Waals surface area contributed by atoms with Crippen LogP contribution in [0.2, 0.25) is 0 Å². The first-order valence-corrected chi connectivity index (χ1v) is 8.05. The van der Waals surface area contributed by atoms with Gasteiger partial charge in [-0.1, -0.05) is 12.1 Å². The fourth-order valence-corrected chi connectivity index (χ4v) is 3.39. The van der Waals surface area contributed by atoms with E-state index < -0.39 is 10.0 Å². The van der Waals surface area contributed by atoms with Gasteiger partial charge >= 0.3 is 0 Å². The highest BCUT2D eigenvalue weighted by molar-refractivity contribution is 9.12. The smallest absolute Gasteiger partial charge is 0.283 e. The van der Waals surface area contributed by atoms with Crippen molar-refractivity contribution in [1.29, 1.82) is 0 Å². The summed E-state index contributed by atoms with van der Waals surface area (Å²) in [5.74, 6) is -0.215. The van der Waals surface area contributed by atoms with E-state index in [1.165, 1.54) is 18.2 Å². The van der Waals surface area contributed by atoms with Crippen LogP contribution in [-0.2, 0) is 14.8 Å². The first kappa shape index (κ1) is 14.9. The van der Waals surface area contributed by atoms with Gasteiger partial charge in [0.2, 0.25) is 0 Å². The number of ketones is 1. The molecular weight excluding hydrogens is 342 g/mol. The van der Waals surface area contributed by atoms with Crippen LogP contribution in [0.15, 0.2) is 50.2 Å². The largest absolute Gasteiger partial charge is 0.289 e. The number of benzene rings is 1. The van der Waals surface area contributed by atoms with Gasteiger partial charge in [-0.05, 0) is 65.2 Å². The molecule has 0 aliphatic heterocycles. The number of nitrogens with zero attached hydrogens (tertiary/aromatic N) is 1. The van der Waals surface area contributed by atoms with Crippen LogP contribution in [0, 0.1) is 13.8 Å². The van der Waals surface area contributed by atoms with Crippen LogP contribution in [0.5, 0.6) is 0 Å². The van der Waals surface area contributed by atoms with Crippen molar-refractivity contribution >= 4 is 37.4 Å². The Morgan fingerprint density at radius 1 is 1.15 bits per heavy atom. The third-order valence-electron chi connectivity index (χ3n) is 2.76. The normalized spacial score (nSPS) is 17.4. The lowest BCUT2D eigenvalue weighted by Crippen LogP contribution is -2.08. The monoisotopic (exact) mass is 353 g/mol. The van der Waals surface area contributed by atoms with Crippen molar-refractivity contribution < 1.29 is 13.2 Å². The highest BCUT2D eigenvalue weighted by atomic mass is 79.9. The quantitative estimate of drug-likeness (QED) is 0.768. The first-order valence-electron chi connectivity index (χ1n) is 5.81. The van der Waals surface area contributed by atoms with E-state index in [2.05, 4.69) is 20.3 Å². The lowest BCUT2D eigenvalue weighted by Gasteiger charge is -2.07. The first-order chi connectivity index (χ1) is 9.29. The van der Waals surface area contributed by atoms with Crippen molar-refractivity contribution in [3.8, 4) is 0 Å². The molecule has 0 aromatic heterocycles. The number of hydrogen-bond donors (Lipinski definition) is 0. The fourth-order valence-electron chi connectivity index (χ4n) is 1.72. The Balaban J connectivity index is 2.50. The van der Waals surface area contributed by atoms with Crippen molar-refractivity contribution in [1.82, 2.24) is 0 Å². The minimum absolute atomic E-state index is 0.180. The molecule has 1 aliphatic carbocycles. The number of allylic oxidation sites excluding steroid dienone is 4. The number of carbonyl (C=O) groups is 1. The van der Waals surface area contributed by atoms with Gasteiger partial charge in [0.25, 0.3) is 10.0 Å². The molecule has 0 amide bonds. The second-order valence-electron chi connectivity index (χ2n) is 4.45.